The first kappa shape index (κ1) is 8.52. The van der Waals surface area contributed by atoms with Gasteiger partial charge < -0.3 is 9.64 Å². The van der Waals surface area contributed by atoms with Crippen LogP contribution in [0.25, 0.3) is 0 Å². The van der Waals surface area contributed by atoms with Gasteiger partial charge in [0.1, 0.15) is 6.61 Å². The van der Waals surface area contributed by atoms with Gasteiger partial charge in [0.15, 0.2) is 11.6 Å². The summed E-state index contributed by atoms with van der Waals surface area (Å²) in [5, 5.41) is 0. The van der Waals surface area contributed by atoms with Gasteiger partial charge in [-0.3, -0.25) is 4.90 Å². The molecule has 2 aliphatic heterocycles. The molecule has 0 bridgehead atoms. The van der Waals surface area contributed by atoms with Crippen LogP contribution >= 0.6 is 0 Å². The van der Waals surface area contributed by atoms with Crippen LogP contribution in [0.15, 0.2) is 18.3 Å². The number of urea groups is 1. The Morgan fingerprint density at radius 1 is 1.60 bits per heavy atom. The van der Waals surface area contributed by atoms with Gasteiger partial charge in [-0.1, -0.05) is 0 Å². The average Bonchev–Trinajstić information content (AvgIpc) is 2.55. The fourth-order valence-electron chi connectivity index (χ4n) is 2.07. The van der Waals surface area contributed by atoms with Crippen molar-refractivity contribution in [3.8, 4) is 5.75 Å². The van der Waals surface area contributed by atoms with Crippen molar-refractivity contribution < 1.29 is 9.53 Å². The third kappa shape index (κ3) is 1.09. The molecule has 0 spiro atoms. The molecule has 1 unspecified atom stereocenters. The number of fused-ring (bicyclic) bond motifs is 3. The largest absolute Gasteiger partial charge is 0.487 e. The number of pyridine rings is 1. The highest BCUT2D eigenvalue weighted by molar-refractivity contribution is 5.95. The molecule has 0 saturated carbocycles. The molecule has 0 aromatic carbocycles. The second-order valence-corrected chi connectivity index (χ2v) is 3.82. The summed E-state index contributed by atoms with van der Waals surface area (Å²) >= 11 is 0. The van der Waals surface area contributed by atoms with Gasteiger partial charge in [-0.15, -0.1) is 0 Å². The minimum absolute atomic E-state index is 0.00301. The molecular formula is C10H11N3O2. The zero-order valence-corrected chi connectivity index (χ0v) is 8.38. The predicted octanol–water partition coefficient (Wildman–Crippen LogP) is 0.714. The molecule has 1 saturated heterocycles. The number of rotatable bonds is 0. The van der Waals surface area contributed by atoms with E-state index < -0.39 is 0 Å². The van der Waals surface area contributed by atoms with E-state index in [1.807, 2.05) is 12.1 Å². The number of likely N-dealkylation sites (N-methyl/N-ethyl adjacent to an activating group) is 1. The molecule has 0 N–H and O–H groups in total. The molecule has 1 fully saturated rings. The summed E-state index contributed by atoms with van der Waals surface area (Å²) in [4.78, 5) is 19.5. The molecule has 15 heavy (non-hydrogen) atoms. The van der Waals surface area contributed by atoms with E-state index in [0.29, 0.717) is 24.7 Å². The number of amides is 2. The first-order valence-electron chi connectivity index (χ1n) is 4.89. The van der Waals surface area contributed by atoms with Crippen LogP contribution in [0.1, 0.15) is 0 Å². The average molecular weight is 205 g/mol. The van der Waals surface area contributed by atoms with Crippen LogP contribution in [0.4, 0.5) is 10.6 Å². The number of hydrogen-bond acceptors (Lipinski definition) is 3. The zero-order valence-electron chi connectivity index (χ0n) is 8.38. The van der Waals surface area contributed by atoms with Crippen molar-refractivity contribution in [2.24, 2.45) is 0 Å². The second kappa shape index (κ2) is 2.85. The molecule has 78 valence electrons. The molecule has 0 aliphatic carbocycles. The van der Waals surface area contributed by atoms with Gasteiger partial charge in [0.05, 0.1) is 6.04 Å². The summed E-state index contributed by atoms with van der Waals surface area (Å²) in [6, 6.07) is 3.75. The summed E-state index contributed by atoms with van der Waals surface area (Å²) in [6.07, 6.45) is 1.68. The number of aromatic nitrogens is 1. The Bertz CT molecular complexity index is 421. The Morgan fingerprint density at radius 3 is 3.33 bits per heavy atom. The van der Waals surface area contributed by atoms with Crippen LogP contribution in [0.3, 0.4) is 0 Å². The van der Waals surface area contributed by atoms with Gasteiger partial charge in [0, 0.05) is 19.8 Å². The summed E-state index contributed by atoms with van der Waals surface area (Å²) < 4.78 is 5.55. The third-order valence-corrected chi connectivity index (χ3v) is 2.79. The second-order valence-electron chi connectivity index (χ2n) is 3.82. The Hall–Kier alpha value is -1.78. The van der Waals surface area contributed by atoms with Crippen LogP contribution < -0.4 is 9.64 Å². The summed E-state index contributed by atoms with van der Waals surface area (Å²) in [6.45, 7) is 1.25. The minimum Gasteiger partial charge on any atom is -0.487 e. The van der Waals surface area contributed by atoms with E-state index in [2.05, 4.69) is 4.98 Å². The Balaban J connectivity index is 2.08. The van der Waals surface area contributed by atoms with Gasteiger partial charge in [-0.2, -0.15) is 0 Å². The van der Waals surface area contributed by atoms with Crippen molar-refractivity contribution in [2.75, 3.05) is 25.1 Å². The summed E-state index contributed by atoms with van der Waals surface area (Å²) in [5.41, 5.74) is 0. The zero-order chi connectivity index (χ0) is 10.4. The lowest BCUT2D eigenvalue weighted by atomic mass is 10.2. The molecule has 5 nitrogen and oxygen atoms in total. The maximum atomic E-state index is 11.9. The molecule has 1 aromatic rings. The maximum Gasteiger partial charge on any atom is 0.326 e. The van der Waals surface area contributed by atoms with E-state index in [0.717, 1.165) is 0 Å². The third-order valence-electron chi connectivity index (χ3n) is 2.79. The normalized spacial score (nSPS) is 23.5. The lowest BCUT2D eigenvalue weighted by Gasteiger charge is -2.28. The first-order chi connectivity index (χ1) is 7.27. The standard InChI is InChI=1S/C10H11N3O2/c1-12-5-7-6-15-8-3-2-4-11-9(8)13(7)10(12)14/h2-4,7H,5-6H2,1H3. The fraction of sp³-hybridized carbons (Fsp3) is 0.400. The number of carbonyl (C=O) groups is 1. The number of nitrogens with zero attached hydrogens (tertiary/aromatic N) is 3. The SMILES string of the molecule is CN1CC2COc3cccnc3N2C1=O. The Kier molecular flexibility index (Phi) is 1.62. The van der Waals surface area contributed by atoms with E-state index in [4.69, 9.17) is 4.74 Å². The van der Waals surface area contributed by atoms with Gasteiger partial charge in [0.25, 0.3) is 0 Å². The first-order valence-corrected chi connectivity index (χ1v) is 4.89. The van der Waals surface area contributed by atoms with Crippen molar-refractivity contribution in [1.29, 1.82) is 0 Å². The molecule has 2 amide bonds. The fourth-order valence-corrected chi connectivity index (χ4v) is 2.07. The number of ether oxygens (including phenoxy) is 1. The van der Waals surface area contributed by atoms with Crippen LogP contribution in [0.5, 0.6) is 5.75 Å². The highest BCUT2D eigenvalue weighted by Gasteiger charge is 2.41. The summed E-state index contributed by atoms with van der Waals surface area (Å²) in [7, 11) is 1.79. The molecule has 3 heterocycles. The molecule has 1 aromatic heterocycles. The monoisotopic (exact) mass is 205 g/mol. The molecule has 5 heteroatoms. The molecule has 2 aliphatic rings. The predicted molar refractivity (Wildman–Crippen MR) is 54.0 cm³/mol. The van der Waals surface area contributed by atoms with Crippen molar-refractivity contribution in [3.05, 3.63) is 18.3 Å². The highest BCUT2D eigenvalue weighted by Crippen LogP contribution is 2.34. The van der Waals surface area contributed by atoms with Crippen LogP contribution in [0.2, 0.25) is 0 Å². The van der Waals surface area contributed by atoms with Crippen molar-refractivity contribution in [1.82, 2.24) is 9.88 Å². The van der Waals surface area contributed by atoms with Gasteiger partial charge in [-0.05, 0) is 12.1 Å². The van der Waals surface area contributed by atoms with Crippen LogP contribution in [-0.4, -0.2) is 42.2 Å². The van der Waals surface area contributed by atoms with E-state index in [9.17, 15) is 4.79 Å². The lowest BCUT2D eigenvalue weighted by Crippen LogP contribution is -2.42. The highest BCUT2D eigenvalue weighted by atomic mass is 16.5. The number of anilines is 1. The smallest absolute Gasteiger partial charge is 0.326 e. The van der Waals surface area contributed by atoms with Crippen molar-refractivity contribution in [3.63, 3.8) is 0 Å². The van der Waals surface area contributed by atoms with E-state index in [-0.39, 0.29) is 12.1 Å². The van der Waals surface area contributed by atoms with E-state index in [1.165, 1.54) is 0 Å². The van der Waals surface area contributed by atoms with Gasteiger partial charge >= 0.3 is 6.03 Å². The number of carbonyl (C=O) groups excluding carboxylic acids is 1. The topological polar surface area (TPSA) is 45.7 Å². The molecule has 1 atom stereocenters. The maximum absolute atomic E-state index is 11.9. The van der Waals surface area contributed by atoms with Crippen LogP contribution in [-0.2, 0) is 0 Å². The lowest BCUT2D eigenvalue weighted by molar-refractivity contribution is 0.229. The van der Waals surface area contributed by atoms with Crippen molar-refractivity contribution >= 4 is 11.8 Å². The van der Waals surface area contributed by atoms with Gasteiger partial charge in [0.2, 0.25) is 0 Å². The Labute approximate surface area is 87.3 Å². The number of hydrogen-bond donors (Lipinski definition) is 0. The van der Waals surface area contributed by atoms with Gasteiger partial charge in [-0.25, -0.2) is 9.78 Å². The molecule has 0 radical (unpaired) electrons. The molecular weight excluding hydrogens is 194 g/mol. The van der Waals surface area contributed by atoms with Crippen molar-refractivity contribution in [2.45, 2.75) is 6.04 Å². The summed E-state index contributed by atoms with van der Waals surface area (Å²) in [5.74, 6) is 1.33. The Morgan fingerprint density at radius 2 is 2.47 bits per heavy atom. The van der Waals surface area contributed by atoms with E-state index in [1.54, 1.807) is 23.0 Å². The van der Waals surface area contributed by atoms with E-state index >= 15 is 0 Å². The minimum atomic E-state index is 0.00301. The van der Waals surface area contributed by atoms with Crippen LogP contribution in [0, 0.1) is 0 Å². The quantitative estimate of drug-likeness (QED) is 0.626. The molecule has 3 rings (SSSR count).